The zero-order valence-corrected chi connectivity index (χ0v) is 16.5. The molecule has 1 N–H and O–H groups in total. The minimum Gasteiger partial charge on any atom is -0.497 e. The topological polar surface area (TPSA) is 71.0 Å². The van der Waals surface area contributed by atoms with Gasteiger partial charge in [0.15, 0.2) is 5.17 Å². The number of amides is 2. The van der Waals surface area contributed by atoms with E-state index in [9.17, 15) is 9.59 Å². The number of hydrogen-bond acceptors (Lipinski definition) is 5. The van der Waals surface area contributed by atoms with Crippen LogP contribution >= 0.6 is 11.8 Å². The fourth-order valence-corrected chi connectivity index (χ4v) is 3.48. The summed E-state index contributed by atoms with van der Waals surface area (Å²) in [5.41, 5.74) is 2.19. The van der Waals surface area contributed by atoms with E-state index in [4.69, 9.17) is 4.74 Å². The first kappa shape index (κ1) is 19.7. The molecule has 2 aromatic carbocycles. The molecular formula is C21H21N3O3S. The molecule has 0 saturated heterocycles. The second-order valence-corrected chi connectivity index (χ2v) is 6.98. The van der Waals surface area contributed by atoms with Crippen LogP contribution in [0.15, 0.2) is 65.3 Å². The molecule has 7 heteroatoms. The largest absolute Gasteiger partial charge is 0.497 e. The van der Waals surface area contributed by atoms with Crippen molar-refractivity contribution in [2.75, 3.05) is 19.9 Å². The fraction of sp³-hybridized carbons (Fsp3) is 0.190. The molecule has 0 unspecified atom stereocenters. The number of thioether (sulfide) groups is 1. The standard InChI is InChI=1S/C21H21N3O3S/c1-22-19(25)14-28-21-23-18(12-15-8-10-17(27-2)11-9-15)20(26)24(21)13-16-6-4-3-5-7-16/h3-12H,13-14H2,1-2H3,(H,22,25)/b18-12-. The Hall–Kier alpha value is -3.06. The van der Waals surface area contributed by atoms with E-state index in [1.807, 2.05) is 54.6 Å². The summed E-state index contributed by atoms with van der Waals surface area (Å²) >= 11 is 1.25. The van der Waals surface area contributed by atoms with Crippen molar-refractivity contribution in [3.63, 3.8) is 0 Å². The highest BCUT2D eigenvalue weighted by molar-refractivity contribution is 8.14. The summed E-state index contributed by atoms with van der Waals surface area (Å²) in [6, 6.07) is 17.1. The molecule has 2 aromatic rings. The van der Waals surface area contributed by atoms with Crippen LogP contribution in [-0.4, -0.2) is 41.8 Å². The highest BCUT2D eigenvalue weighted by Gasteiger charge is 2.30. The lowest BCUT2D eigenvalue weighted by atomic mass is 10.1. The summed E-state index contributed by atoms with van der Waals surface area (Å²) in [4.78, 5) is 30.7. The molecule has 0 aromatic heterocycles. The third-order valence-electron chi connectivity index (χ3n) is 4.13. The number of aliphatic imine (C=N–C) groups is 1. The molecule has 0 aliphatic carbocycles. The number of nitrogens with one attached hydrogen (secondary N) is 1. The average molecular weight is 395 g/mol. The molecule has 2 amide bonds. The maximum atomic E-state index is 13.0. The Balaban J connectivity index is 1.85. The van der Waals surface area contributed by atoms with Gasteiger partial charge in [0, 0.05) is 7.05 Å². The highest BCUT2D eigenvalue weighted by Crippen LogP contribution is 2.26. The van der Waals surface area contributed by atoms with Crippen LogP contribution in [0.4, 0.5) is 0 Å². The van der Waals surface area contributed by atoms with E-state index in [1.54, 1.807) is 25.1 Å². The summed E-state index contributed by atoms with van der Waals surface area (Å²) in [7, 11) is 3.19. The van der Waals surface area contributed by atoms with Gasteiger partial charge < -0.3 is 10.1 Å². The molecule has 0 saturated carbocycles. The van der Waals surface area contributed by atoms with Crippen molar-refractivity contribution in [2.24, 2.45) is 4.99 Å². The second-order valence-electron chi connectivity index (χ2n) is 6.04. The van der Waals surface area contributed by atoms with E-state index in [1.165, 1.54) is 11.8 Å². The molecule has 1 heterocycles. The monoisotopic (exact) mass is 395 g/mol. The Morgan fingerprint density at radius 2 is 1.89 bits per heavy atom. The van der Waals surface area contributed by atoms with Crippen molar-refractivity contribution in [2.45, 2.75) is 6.54 Å². The number of benzene rings is 2. The fourth-order valence-electron chi connectivity index (χ4n) is 2.61. The third-order valence-corrected chi connectivity index (χ3v) is 5.10. The first-order valence-electron chi connectivity index (χ1n) is 8.74. The highest BCUT2D eigenvalue weighted by atomic mass is 32.2. The van der Waals surface area contributed by atoms with E-state index < -0.39 is 0 Å². The minimum absolute atomic E-state index is 0.118. The molecule has 0 atom stereocenters. The number of carbonyl (C=O) groups excluding carboxylic acids is 2. The first-order valence-corrected chi connectivity index (χ1v) is 9.73. The quantitative estimate of drug-likeness (QED) is 0.764. The molecule has 1 aliphatic rings. The van der Waals surface area contributed by atoms with Gasteiger partial charge in [-0.2, -0.15) is 0 Å². The summed E-state index contributed by atoms with van der Waals surface area (Å²) in [5, 5.41) is 3.11. The van der Waals surface area contributed by atoms with E-state index in [2.05, 4.69) is 10.3 Å². The van der Waals surface area contributed by atoms with Crippen molar-refractivity contribution in [1.82, 2.24) is 10.2 Å². The smallest absolute Gasteiger partial charge is 0.278 e. The van der Waals surface area contributed by atoms with Gasteiger partial charge in [0.1, 0.15) is 11.4 Å². The van der Waals surface area contributed by atoms with Gasteiger partial charge in [-0.15, -0.1) is 0 Å². The Bertz CT molecular complexity index is 908. The Morgan fingerprint density at radius 1 is 1.18 bits per heavy atom. The van der Waals surface area contributed by atoms with Crippen molar-refractivity contribution in [1.29, 1.82) is 0 Å². The predicted molar refractivity (Wildman–Crippen MR) is 112 cm³/mol. The van der Waals surface area contributed by atoms with Crippen LogP contribution in [0.1, 0.15) is 11.1 Å². The Morgan fingerprint density at radius 3 is 2.54 bits per heavy atom. The Kier molecular flexibility index (Phi) is 6.49. The van der Waals surface area contributed by atoms with Gasteiger partial charge >= 0.3 is 0 Å². The zero-order valence-electron chi connectivity index (χ0n) is 15.7. The van der Waals surface area contributed by atoms with Crippen LogP contribution in [0.5, 0.6) is 5.75 Å². The zero-order chi connectivity index (χ0) is 19.9. The van der Waals surface area contributed by atoms with E-state index in [-0.39, 0.29) is 17.6 Å². The number of carbonyl (C=O) groups is 2. The molecular weight excluding hydrogens is 374 g/mol. The molecule has 0 fully saturated rings. The van der Waals surface area contributed by atoms with E-state index in [0.29, 0.717) is 17.4 Å². The van der Waals surface area contributed by atoms with Gasteiger partial charge in [-0.1, -0.05) is 54.2 Å². The maximum Gasteiger partial charge on any atom is 0.278 e. The third kappa shape index (κ3) is 4.80. The number of nitrogens with zero attached hydrogens (tertiary/aromatic N) is 2. The molecule has 0 bridgehead atoms. The summed E-state index contributed by atoms with van der Waals surface area (Å²) in [6.07, 6.45) is 1.74. The summed E-state index contributed by atoms with van der Waals surface area (Å²) in [6.45, 7) is 0.402. The second kappa shape index (κ2) is 9.23. The van der Waals surface area contributed by atoms with Gasteiger partial charge in [-0.05, 0) is 29.3 Å². The van der Waals surface area contributed by atoms with Crippen LogP contribution in [0.25, 0.3) is 6.08 Å². The minimum atomic E-state index is -0.181. The molecule has 0 radical (unpaired) electrons. The van der Waals surface area contributed by atoms with Crippen molar-refractivity contribution in [3.8, 4) is 5.75 Å². The molecule has 1 aliphatic heterocycles. The Labute approximate surface area is 168 Å². The number of ether oxygens (including phenoxy) is 1. The average Bonchev–Trinajstić information content (AvgIpc) is 3.02. The lowest BCUT2D eigenvalue weighted by Gasteiger charge is -2.17. The van der Waals surface area contributed by atoms with Gasteiger partial charge in [-0.3, -0.25) is 14.5 Å². The molecule has 144 valence electrons. The predicted octanol–water partition coefficient (Wildman–Crippen LogP) is 2.91. The number of methoxy groups -OCH3 is 1. The van der Waals surface area contributed by atoms with Crippen LogP contribution in [0.2, 0.25) is 0 Å². The van der Waals surface area contributed by atoms with Crippen LogP contribution < -0.4 is 10.1 Å². The van der Waals surface area contributed by atoms with Gasteiger partial charge in [0.05, 0.1) is 19.4 Å². The molecule has 6 nitrogen and oxygen atoms in total. The molecule has 0 spiro atoms. The van der Waals surface area contributed by atoms with E-state index in [0.717, 1.165) is 16.9 Å². The van der Waals surface area contributed by atoms with Gasteiger partial charge in [0.2, 0.25) is 5.91 Å². The molecule has 3 rings (SSSR count). The van der Waals surface area contributed by atoms with E-state index >= 15 is 0 Å². The summed E-state index contributed by atoms with van der Waals surface area (Å²) in [5.74, 6) is 0.645. The van der Waals surface area contributed by atoms with Crippen molar-refractivity contribution < 1.29 is 14.3 Å². The van der Waals surface area contributed by atoms with Crippen molar-refractivity contribution >= 4 is 34.8 Å². The number of hydrogen-bond donors (Lipinski definition) is 1. The first-order chi connectivity index (χ1) is 13.6. The SMILES string of the molecule is CNC(=O)CSC1=N/C(=C\c2ccc(OC)cc2)C(=O)N1Cc1ccccc1. The van der Waals surface area contributed by atoms with Crippen LogP contribution in [0.3, 0.4) is 0 Å². The number of rotatable bonds is 6. The maximum absolute atomic E-state index is 13.0. The normalized spacial score (nSPS) is 14.9. The van der Waals surface area contributed by atoms with Crippen LogP contribution in [0, 0.1) is 0 Å². The lowest BCUT2D eigenvalue weighted by Crippen LogP contribution is -2.31. The number of amidine groups is 1. The van der Waals surface area contributed by atoms with Gasteiger partial charge in [-0.25, -0.2) is 4.99 Å². The van der Waals surface area contributed by atoms with Crippen molar-refractivity contribution in [3.05, 3.63) is 71.4 Å². The molecule has 28 heavy (non-hydrogen) atoms. The summed E-state index contributed by atoms with van der Waals surface area (Å²) < 4.78 is 5.16. The lowest BCUT2D eigenvalue weighted by molar-refractivity contribution is -0.123. The van der Waals surface area contributed by atoms with Gasteiger partial charge in [0.25, 0.3) is 5.91 Å². The van der Waals surface area contributed by atoms with Crippen LogP contribution in [-0.2, 0) is 16.1 Å².